The number of piperazine rings is 2. The van der Waals surface area contributed by atoms with Crippen molar-refractivity contribution >= 4 is 73.1 Å². The lowest BCUT2D eigenvalue weighted by atomic mass is 10.1. The molecular formula is C40H45ClN12. The van der Waals surface area contributed by atoms with Crippen LogP contribution < -0.4 is 20.9 Å². The summed E-state index contributed by atoms with van der Waals surface area (Å²) >= 11 is 6.23. The van der Waals surface area contributed by atoms with Gasteiger partial charge in [0.2, 0.25) is 0 Å². The van der Waals surface area contributed by atoms with Crippen LogP contribution in [-0.2, 0) is 0 Å². The predicted molar refractivity (Wildman–Crippen MR) is 215 cm³/mol. The molecule has 4 atom stereocenters. The first kappa shape index (κ1) is 35.0. The second kappa shape index (κ2) is 14.4. The molecule has 8 heterocycles. The fraction of sp³-hybridized carbons (Fsp3) is 0.350. The summed E-state index contributed by atoms with van der Waals surface area (Å²) in [5.41, 5.74) is 10.7. The van der Waals surface area contributed by atoms with Crippen molar-refractivity contribution in [2.24, 2.45) is 0 Å². The fourth-order valence-corrected chi connectivity index (χ4v) is 7.71. The van der Waals surface area contributed by atoms with Crippen molar-refractivity contribution in [3.05, 3.63) is 89.3 Å². The van der Waals surface area contributed by atoms with Crippen molar-refractivity contribution in [1.82, 2.24) is 54.7 Å². The van der Waals surface area contributed by atoms with Gasteiger partial charge in [-0.25, -0.2) is 29.9 Å². The number of aryl methyl sites for hydroxylation is 2. The Bertz CT molecular complexity index is 2580. The van der Waals surface area contributed by atoms with Crippen molar-refractivity contribution < 1.29 is 0 Å². The number of hydrogen-bond acceptors (Lipinski definition) is 10. The molecule has 12 nitrogen and oxygen atoms in total. The maximum atomic E-state index is 6.23. The first-order chi connectivity index (χ1) is 25.6. The van der Waals surface area contributed by atoms with Crippen LogP contribution in [0.15, 0.2) is 72.8 Å². The van der Waals surface area contributed by atoms with Gasteiger partial charge in [-0.3, -0.25) is 8.80 Å². The van der Waals surface area contributed by atoms with Gasteiger partial charge in [-0.15, -0.1) is 0 Å². The Balaban J connectivity index is 0.000000129. The molecule has 2 fully saturated rings. The van der Waals surface area contributed by atoms with E-state index < -0.39 is 0 Å². The zero-order chi connectivity index (χ0) is 36.8. The molecule has 0 unspecified atom stereocenters. The Morgan fingerprint density at radius 2 is 1.02 bits per heavy atom. The molecule has 2 aromatic carbocycles. The third kappa shape index (κ3) is 6.95. The van der Waals surface area contributed by atoms with Gasteiger partial charge in [-0.2, -0.15) is 0 Å². The van der Waals surface area contributed by atoms with Crippen molar-refractivity contribution in [2.75, 3.05) is 31.1 Å². The van der Waals surface area contributed by atoms with E-state index >= 15 is 0 Å². The summed E-state index contributed by atoms with van der Waals surface area (Å²) in [6.07, 6.45) is 0. The molecule has 0 bridgehead atoms. The highest BCUT2D eigenvalue weighted by Crippen LogP contribution is 2.29. The summed E-state index contributed by atoms with van der Waals surface area (Å²) < 4.78 is 4.13. The van der Waals surface area contributed by atoms with Crippen molar-refractivity contribution in [3.63, 3.8) is 0 Å². The zero-order valence-electron chi connectivity index (χ0n) is 31.0. The van der Waals surface area contributed by atoms with Gasteiger partial charge < -0.3 is 20.9 Å². The molecular weight excluding hydrogens is 684 g/mol. The van der Waals surface area contributed by atoms with E-state index in [0.717, 1.165) is 93.4 Å². The number of fused-ring (bicyclic) bond motifs is 10. The molecule has 0 radical (unpaired) electrons. The van der Waals surface area contributed by atoms with Gasteiger partial charge in [0.1, 0.15) is 11.0 Å². The van der Waals surface area contributed by atoms with Gasteiger partial charge in [0.25, 0.3) is 0 Å². The molecule has 8 aromatic rings. The monoisotopic (exact) mass is 728 g/mol. The van der Waals surface area contributed by atoms with Gasteiger partial charge >= 0.3 is 0 Å². The average molecular weight is 729 g/mol. The Morgan fingerprint density at radius 3 is 1.57 bits per heavy atom. The zero-order valence-corrected chi connectivity index (χ0v) is 31.7. The Labute approximate surface area is 313 Å². The second-order valence-corrected chi connectivity index (χ2v) is 14.8. The summed E-state index contributed by atoms with van der Waals surface area (Å²) in [7, 11) is 0. The van der Waals surface area contributed by atoms with Crippen LogP contribution in [-0.4, -0.2) is 89.1 Å². The minimum Gasteiger partial charge on any atom is -0.350 e. The molecule has 6 aromatic heterocycles. The van der Waals surface area contributed by atoms with Crippen LogP contribution >= 0.6 is 11.6 Å². The maximum absolute atomic E-state index is 6.23. The lowest BCUT2D eigenvalue weighted by Gasteiger charge is -2.37. The van der Waals surface area contributed by atoms with Gasteiger partial charge in [-0.05, 0) is 90.1 Å². The number of aromatic nitrogens is 8. The summed E-state index contributed by atoms with van der Waals surface area (Å²) in [6, 6.07) is 26.2. The first-order valence-corrected chi connectivity index (χ1v) is 18.7. The van der Waals surface area contributed by atoms with Crippen LogP contribution in [0.2, 0.25) is 5.15 Å². The van der Waals surface area contributed by atoms with Gasteiger partial charge in [-0.1, -0.05) is 35.9 Å². The third-order valence-corrected chi connectivity index (χ3v) is 9.94. The molecule has 13 heteroatoms. The summed E-state index contributed by atoms with van der Waals surface area (Å²) in [5.74, 6) is 0.944. The normalized spacial score (nSPS) is 20.5. The smallest absolute Gasteiger partial charge is 0.183 e. The van der Waals surface area contributed by atoms with E-state index in [2.05, 4.69) is 86.1 Å². The number of rotatable bonds is 1. The number of anilines is 1. The first-order valence-electron chi connectivity index (χ1n) is 18.4. The third-order valence-electron chi connectivity index (χ3n) is 9.69. The standard InChI is InChI=1S/C20H22N6.C14H9ClN4.C6H14N2/c1-12-8-9-16-18(22-12)26-17-7-5-4-6-15(17)23-20(26)19(24-16)25-10-13(2)21-14(3)11-25;1-8-6-7-10-13(16-8)19-11-5-3-2-4-9(11)18-14(19)12(15)17-10;1-5-3-7-4-6(2)8-5/h4-9,13-14,21H,10-11H2,1-3H3;2-7H,1H3;5-8H,3-4H2,1-2H3/t13-,14+;;5-,6+. The molecule has 0 spiro atoms. The van der Waals surface area contributed by atoms with Gasteiger partial charge in [0.05, 0.1) is 22.1 Å². The Morgan fingerprint density at radius 1 is 0.528 bits per heavy atom. The highest BCUT2D eigenvalue weighted by Gasteiger charge is 2.26. The van der Waals surface area contributed by atoms with Crippen LogP contribution in [0.3, 0.4) is 0 Å². The lowest BCUT2D eigenvalue weighted by molar-refractivity contribution is 0.370. The quantitative estimate of drug-likeness (QED) is 0.178. The van der Waals surface area contributed by atoms with E-state index in [-0.39, 0.29) is 0 Å². The number of pyridine rings is 2. The number of halogens is 1. The fourth-order valence-electron chi connectivity index (χ4n) is 7.50. The number of nitrogens with zero attached hydrogens (tertiary/aromatic N) is 9. The average Bonchev–Trinajstić information content (AvgIpc) is 3.72. The van der Waals surface area contributed by atoms with E-state index in [1.165, 1.54) is 0 Å². The van der Waals surface area contributed by atoms with E-state index in [1.807, 2.05) is 72.8 Å². The number of hydrogen-bond donors (Lipinski definition) is 3. The summed E-state index contributed by atoms with van der Waals surface area (Å²) in [5, 5.41) is 10.7. The number of benzene rings is 2. The van der Waals surface area contributed by atoms with Gasteiger partial charge in [0, 0.05) is 61.7 Å². The minimum absolute atomic E-state index is 0.398. The van der Waals surface area contributed by atoms with Crippen LogP contribution in [0.5, 0.6) is 0 Å². The Kier molecular flexibility index (Phi) is 9.54. The molecule has 10 rings (SSSR count). The van der Waals surface area contributed by atoms with Gasteiger partial charge in [0.15, 0.2) is 33.6 Å². The van der Waals surface area contributed by atoms with Crippen LogP contribution in [0, 0.1) is 13.8 Å². The highest BCUT2D eigenvalue weighted by atomic mass is 35.5. The minimum atomic E-state index is 0.398. The molecule has 3 N–H and O–H groups in total. The SMILES string of the molecule is C[C@@H]1CNC[C@H](C)N1.Cc1ccc2nc(Cl)c3nc4ccccc4n3c2n1.Cc1ccc2nc(N3C[C@@H](C)N[C@@H](C)C3)c3nc4ccccc4n3c2n1. The molecule has 2 aliphatic heterocycles. The molecule has 272 valence electrons. The molecule has 2 aliphatic rings. The van der Waals surface area contributed by atoms with Crippen molar-refractivity contribution in [2.45, 2.75) is 65.7 Å². The highest BCUT2D eigenvalue weighted by molar-refractivity contribution is 6.33. The number of nitrogens with one attached hydrogen (secondary N) is 3. The number of para-hydroxylation sites is 4. The molecule has 0 aliphatic carbocycles. The van der Waals surface area contributed by atoms with Crippen LogP contribution in [0.1, 0.15) is 39.1 Å². The van der Waals surface area contributed by atoms with Crippen molar-refractivity contribution in [3.8, 4) is 0 Å². The van der Waals surface area contributed by atoms with E-state index in [0.29, 0.717) is 35.0 Å². The molecule has 0 amide bonds. The van der Waals surface area contributed by atoms with E-state index in [1.54, 1.807) is 0 Å². The van der Waals surface area contributed by atoms with Crippen molar-refractivity contribution in [1.29, 1.82) is 0 Å². The molecule has 2 saturated heterocycles. The predicted octanol–water partition coefficient (Wildman–Crippen LogP) is 6.27. The van der Waals surface area contributed by atoms with Crippen LogP contribution in [0.4, 0.5) is 5.82 Å². The maximum Gasteiger partial charge on any atom is 0.183 e. The van der Waals surface area contributed by atoms with Crippen LogP contribution in [0.25, 0.3) is 55.7 Å². The molecule has 53 heavy (non-hydrogen) atoms. The Hall–Kier alpha value is -5.01. The largest absolute Gasteiger partial charge is 0.350 e. The second-order valence-electron chi connectivity index (χ2n) is 14.4. The molecule has 0 saturated carbocycles. The van der Waals surface area contributed by atoms with E-state index in [9.17, 15) is 0 Å². The topological polar surface area (TPSA) is 125 Å². The van der Waals surface area contributed by atoms with E-state index in [4.69, 9.17) is 26.6 Å². The lowest BCUT2D eigenvalue weighted by Crippen LogP contribution is -2.54. The summed E-state index contributed by atoms with van der Waals surface area (Å²) in [4.78, 5) is 30.5. The number of imidazole rings is 2. The summed E-state index contributed by atoms with van der Waals surface area (Å²) in [6.45, 7) is 16.9.